The number of aromatic nitrogens is 2. The molecule has 5 nitrogen and oxygen atoms in total. The van der Waals surface area contributed by atoms with Crippen molar-refractivity contribution < 1.29 is 4.42 Å². The van der Waals surface area contributed by atoms with Gasteiger partial charge in [0.1, 0.15) is 34.0 Å². The first-order chi connectivity index (χ1) is 9.02. The molecule has 0 saturated carbocycles. The summed E-state index contributed by atoms with van der Waals surface area (Å²) < 4.78 is 6.37. The molecule has 19 heavy (non-hydrogen) atoms. The Hall–Kier alpha value is -1.56. The van der Waals surface area contributed by atoms with E-state index in [1.807, 2.05) is 27.0 Å². The Bertz CT molecular complexity index is 582. The van der Waals surface area contributed by atoms with Gasteiger partial charge in [0.25, 0.3) is 0 Å². The van der Waals surface area contributed by atoms with E-state index in [2.05, 4.69) is 43.5 Å². The van der Waals surface area contributed by atoms with Gasteiger partial charge in [0.05, 0.1) is 6.04 Å². The molecule has 0 aliphatic rings. The summed E-state index contributed by atoms with van der Waals surface area (Å²) in [7, 11) is 1.82. The topological polar surface area (TPSA) is 63.0 Å². The van der Waals surface area contributed by atoms with E-state index in [1.54, 1.807) is 0 Å². The number of nitrogens with one attached hydrogen (secondary N) is 2. The smallest absolute Gasteiger partial charge is 0.146 e. The van der Waals surface area contributed by atoms with Crippen LogP contribution < -0.4 is 10.6 Å². The number of nitrogens with zero attached hydrogens (tertiary/aromatic N) is 2. The minimum absolute atomic E-state index is 0.105. The van der Waals surface area contributed by atoms with Crippen molar-refractivity contribution in [3.63, 3.8) is 0 Å². The molecule has 2 aromatic heterocycles. The highest BCUT2D eigenvalue weighted by atomic mass is 79.9. The third-order valence-electron chi connectivity index (χ3n) is 2.93. The zero-order valence-electron chi connectivity index (χ0n) is 11.4. The Morgan fingerprint density at radius 3 is 2.53 bits per heavy atom. The summed E-state index contributed by atoms with van der Waals surface area (Å²) in [4.78, 5) is 8.38. The van der Waals surface area contributed by atoms with Gasteiger partial charge in [0, 0.05) is 12.6 Å². The summed E-state index contributed by atoms with van der Waals surface area (Å²) >= 11 is 3.49. The quantitative estimate of drug-likeness (QED) is 0.898. The first kappa shape index (κ1) is 13.9. The number of anilines is 2. The van der Waals surface area contributed by atoms with Crippen LogP contribution in [0.1, 0.15) is 30.0 Å². The molecule has 1 atom stereocenters. The summed E-state index contributed by atoms with van der Waals surface area (Å²) in [5.74, 6) is 3.35. The maximum atomic E-state index is 5.55. The van der Waals surface area contributed by atoms with Gasteiger partial charge in [-0.1, -0.05) is 0 Å². The van der Waals surface area contributed by atoms with Gasteiger partial charge >= 0.3 is 0 Å². The van der Waals surface area contributed by atoms with Crippen molar-refractivity contribution in [2.45, 2.75) is 26.8 Å². The van der Waals surface area contributed by atoms with Crippen molar-refractivity contribution in [1.82, 2.24) is 9.97 Å². The van der Waals surface area contributed by atoms with Crippen LogP contribution in [0, 0.1) is 13.8 Å². The van der Waals surface area contributed by atoms with E-state index >= 15 is 0 Å². The summed E-state index contributed by atoms with van der Waals surface area (Å²) in [5, 5.41) is 6.36. The number of hydrogen-bond acceptors (Lipinski definition) is 5. The summed E-state index contributed by atoms with van der Waals surface area (Å²) in [5.41, 5.74) is 1.13. The molecule has 0 radical (unpaired) electrons. The van der Waals surface area contributed by atoms with Crippen LogP contribution in [0.4, 0.5) is 11.6 Å². The minimum Gasteiger partial charge on any atom is -0.466 e. The molecule has 0 aliphatic carbocycles. The summed E-state index contributed by atoms with van der Waals surface area (Å²) in [6.45, 7) is 5.99. The van der Waals surface area contributed by atoms with Crippen LogP contribution >= 0.6 is 15.9 Å². The summed E-state index contributed by atoms with van der Waals surface area (Å²) in [6, 6.07) is 2.15. The molecular weight excluding hydrogens is 308 g/mol. The Morgan fingerprint density at radius 2 is 1.95 bits per heavy atom. The van der Waals surface area contributed by atoms with Crippen molar-refractivity contribution in [3.05, 3.63) is 34.0 Å². The molecular formula is C13H17BrN4O. The van der Waals surface area contributed by atoms with Gasteiger partial charge in [-0.3, -0.25) is 0 Å². The Labute approximate surface area is 121 Å². The van der Waals surface area contributed by atoms with Crippen LogP contribution in [0.25, 0.3) is 0 Å². The molecule has 0 saturated heterocycles. The van der Waals surface area contributed by atoms with E-state index in [0.717, 1.165) is 33.2 Å². The Morgan fingerprint density at radius 1 is 1.26 bits per heavy atom. The van der Waals surface area contributed by atoms with Crippen LogP contribution in [0.5, 0.6) is 0 Å². The lowest BCUT2D eigenvalue weighted by Gasteiger charge is -2.15. The number of halogens is 1. The lowest BCUT2D eigenvalue weighted by Crippen LogP contribution is -2.10. The van der Waals surface area contributed by atoms with Gasteiger partial charge in [-0.15, -0.1) is 0 Å². The number of hydrogen-bond donors (Lipinski definition) is 2. The Balaban J connectivity index is 2.24. The largest absolute Gasteiger partial charge is 0.466 e. The monoisotopic (exact) mass is 324 g/mol. The minimum atomic E-state index is 0.105. The van der Waals surface area contributed by atoms with E-state index < -0.39 is 0 Å². The highest BCUT2D eigenvalue weighted by Gasteiger charge is 2.15. The SMILES string of the molecule is CNc1ncnc(NC(C)c2cc(C)oc2C)c1Br. The molecule has 6 heteroatoms. The highest BCUT2D eigenvalue weighted by molar-refractivity contribution is 9.10. The molecule has 0 amide bonds. The normalized spacial score (nSPS) is 12.3. The van der Waals surface area contributed by atoms with Crippen LogP contribution in [0.2, 0.25) is 0 Å². The number of aryl methyl sites for hydroxylation is 2. The van der Waals surface area contributed by atoms with Gasteiger partial charge in [-0.25, -0.2) is 9.97 Å². The first-order valence-electron chi connectivity index (χ1n) is 6.04. The van der Waals surface area contributed by atoms with Crippen LogP contribution in [-0.2, 0) is 0 Å². The predicted molar refractivity (Wildman–Crippen MR) is 79.5 cm³/mol. The first-order valence-corrected chi connectivity index (χ1v) is 6.84. The molecule has 2 rings (SSSR count). The fraction of sp³-hybridized carbons (Fsp3) is 0.385. The fourth-order valence-corrected chi connectivity index (χ4v) is 2.53. The Kier molecular flexibility index (Phi) is 4.09. The predicted octanol–water partition coefficient (Wildman–Crippen LogP) is 3.66. The average Bonchev–Trinajstić information content (AvgIpc) is 2.71. The molecule has 0 aliphatic heterocycles. The van der Waals surface area contributed by atoms with Crippen molar-refractivity contribution in [2.75, 3.05) is 17.7 Å². The lowest BCUT2D eigenvalue weighted by atomic mass is 10.1. The van der Waals surface area contributed by atoms with Gasteiger partial charge in [0.15, 0.2) is 0 Å². The second-order valence-electron chi connectivity index (χ2n) is 4.37. The maximum Gasteiger partial charge on any atom is 0.146 e. The van der Waals surface area contributed by atoms with E-state index in [0.29, 0.717) is 0 Å². The van der Waals surface area contributed by atoms with Crippen LogP contribution in [0.3, 0.4) is 0 Å². The average molecular weight is 325 g/mol. The maximum absolute atomic E-state index is 5.55. The molecule has 2 heterocycles. The zero-order chi connectivity index (χ0) is 14.0. The van der Waals surface area contributed by atoms with E-state index in [1.165, 1.54) is 6.33 Å². The summed E-state index contributed by atoms with van der Waals surface area (Å²) in [6.07, 6.45) is 1.53. The van der Waals surface area contributed by atoms with E-state index in [4.69, 9.17) is 4.42 Å². The third kappa shape index (κ3) is 2.89. The van der Waals surface area contributed by atoms with Crippen LogP contribution in [-0.4, -0.2) is 17.0 Å². The second kappa shape index (κ2) is 5.61. The zero-order valence-corrected chi connectivity index (χ0v) is 13.0. The molecule has 1 unspecified atom stereocenters. The fourth-order valence-electron chi connectivity index (χ4n) is 2.01. The third-order valence-corrected chi connectivity index (χ3v) is 3.68. The number of rotatable bonds is 4. The molecule has 102 valence electrons. The van der Waals surface area contributed by atoms with Gasteiger partial charge in [-0.2, -0.15) is 0 Å². The lowest BCUT2D eigenvalue weighted by molar-refractivity contribution is 0.499. The van der Waals surface area contributed by atoms with E-state index in [-0.39, 0.29) is 6.04 Å². The van der Waals surface area contributed by atoms with Crippen molar-refractivity contribution in [1.29, 1.82) is 0 Å². The van der Waals surface area contributed by atoms with Crippen molar-refractivity contribution >= 4 is 27.6 Å². The number of furan rings is 1. The molecule has 2 aromatic rings. The molecule has 2 N–H and O–H groups in total. The van der Waals surface area contributed by atoms with Crippen molar-refractivity contribution in [3.8, 4) is 0 Å². The molecule has 0 aromatic carbocycles. The van der Waals surface area contributed by atoms with Gasteiger partial charge < -0.3 is 15.1 Å². The second-order valence-corrected chi connectivity index (χ2v) is 5.16. The van der Waals surface area contributed by atoms with Gasteiger partial charge in [0.2, 0.25) is 0 Å². The molecule has 0 bridgehead atoms. The van der Waals surface area contributed by atoms with Gasteiger partial charge in [-0.05, 0) is 42.8 Å². The van der Waals surface area contributed by atoms with Crippen molar-refractivity contribution in [2.24, 2.45) is 0 Å². The van der Waals surface area contributed by atoms with E-state index in [9.17, 15) is 0 Å². The molecule has 0 spiro atoms. The van der Waals surface area contributed by atoms with Crippen LogP contribution in [0.15, 0.2) is 21.3 Å². The molecule has 0 fully saturated rings. The highest BCUT2D eigenvalue weighted by Crippen LogP contribution is 2.30. The standard InChI is InChI=1S/C13H17BrN4O/c1-7-5-10(9(3)19-7)8(2)18-13-11(14)12(15-4)16-6-17-13/h5-6,8H,1-4H3,(H2,15,16,17,18).